The molecule has 1 rings (SSSR count). The fourth-order valence-electron chi connectivity index (χ4n) is 1.66. The summed E-state index contributed by atoms with van der Waals surface area (Å²) in [5, 5.41) is 4.13. The smallest absolute Gasteiger partial charge is 0.236 e. The van der Waals surface area contributed by atoms with Gasteiger partial charge in [-0.3, -0.25) is 14.4 Å². The van der Waals surface area contributed by atoms with Crippen LogP contribution in [0.3, 0.4) is 0 Å². The van der Waals surface area contributed by atoms with Gasteiger partial charge in [0.25, 0.3) is 0 Å². The molecule has 102 valence electrons. The van der Waals surface area contributed by atoms with Gasteiger partial charge in [-0.2, -0.15) is 5.10 Å². The third-order valence-corrected chi connectivity index (χ3v) is 2.70. The Kier molecular flexibility index (Phi) is 5.64. The molecule has 6 nitrogen and oxygen atoms in total. The summed E-state index contributed by atoms with van der Waals surface area (Å²) >= 11 is 0. The number of amides is 1. The zero-order valence-corrected chi connectivity index (χ0v) is 11.5. The Labute approximate surface area is 108 Å². The Morgan fingerprint density at radius 3 is 2.67 bits per heavy atom. The molecule has 0 aromatic carbocycles. The molecule has 0 aliphatic heterocycles. The van der Waals surface area contributed by atoms with E-state index < -0.39 is 0 Å². The summed E-state index contributed by atoms with van der Waals surface area (Å²) in [6.07, 6.45) is 4.47. The molecule has 0 saturated carbocycles. The van der Waals surface area contributed by atoms with Crippen LogP contribution in [0.25, 0.3) is 0 Å². The Morgan fingerprint density at radius 2 is 2.17 bits per heavy atom. The average molecular weight is 253 g/mol. The molecule has 6 heteroatoms. The predicted octanol–water partition coefficient (Wildman–Crippen LogP) is 0.266. The zero-order chi connectivity index (χ0) is 13.5. The molecule has 0 atom stereocenters. The van der Waals surface area contributed by atoms with Crippen molar-refractivity contribution in [3.8, 4) is 0 Å². The fraction of sp³-hybridized carbons (Fsp3) is 0.667. The number of hydrogen-bond donors (Lipinski definition) is 1. The number of nitrogens with two attached hydrogens (primary N) is 1. The molecule has 0 radical (unpaired) electrons. The van der Waals surface area contributed by atoms with E-state index >= 15 is 0 Å². The molecular formula is C12H23N5O. The van der Waals surface area contributed by atoms with Gasteiger partial charge in [0, 0.05) is 26.8 Å². The summed E-state index contributed by atoms with van der Waals surface area (Å²) in [7, 11) is 3.56. The minimum absolute atomic E-state index is 0.128. The summed E-state index contributed by atoms with van der Waals surface area (Å²) in [4.78, 5) is 15.4. The SMILES string of the molecule is CCCN(CCn1cc(N)cn1)CC(=O)N(C)C. The van der Waals surface area contributed by atoms with Crippen LogP contribution in [-0.2, 0) is 11.3 Å². The largest absolute Gasteiger partial charge is 0.396 e. The first-order chi connectivity index (χ1) is 8.52. The summed E-state index contributed by atoms with van der Waals surface area (Å²) in [6.45, 7) is 5.03. The first kappa shape index (κ1) is 14.5. The number of anilines is 1. The maximum absolute atomic E-state index is 11.7. The molecule has 1 aromatic rings. The number of hydrogen-bond acceptors (Lipinski definition) is 4. The average Bonchev–Trinajstić information content (AvgIpc) is 2.72. The van der Waals surface area contributed by atoms with Crippen LogP contribution in [0.5, 0.6) is 0 Å². The molecule has 2 N–H and O–H groups in total. The van der Waals surface area contributed by atoms with Gasteiger partial charge in [-0.25, -0.2) is 0 Å². The van der Waals surface area contributed by atoms with E-state index in [4.69, 9.17) is 5.73 Å². The van der Waals surface area contributed by atoms with E-state index in [0.29, 0.717) is 12.2 Å². The fourth-order valence-corrected chi connectivity index (χ4v) is 1.66. The second-order valence-corrected chi connectivity index (χ2v) is 4.60. The molecule has 1 aromatic heterocycles. The summed E-state index contributed by atoms with van der Waals surface area (Å²) in [5.74, 6) is 0.128. The van der Waals surface area contributed by atoms with Crippen LogP contribution in [0.2, 0.25) is 0 Å². The Morgan fingerprint density at radius 1 is 1.44 bits per heavy atom. The number of nitrogens with zero attached hydrogens (tertiary/aromatic N) is 4. The van der Waals surface area contributed by atoms with Gasteiger partial charge in [0.2, 0.25) is 5.91 Å². The lowest BCUT2D eigenvalue weighted by Gasteiger charge is -2.22. The van der Waals surface area contributed by atoms with Crippen molar-refractivity contribution in [3.63, 3.8) is 0 Å². The number of carbonyl (C=O) groups excluding carboxylic acids is 1. The summed E-state index contributed by atoms with van der Waals surface area (Å²) in [6, 6.07) is 0. The zero-order valence-electron chi connectivity index (χ0n) is 11.5. The topological polar surface area (TPSA) is 67.4 Å². The minimum Gasteiger partial charge on any atom is -0.396 e. The highest BCUT2D eigenvalue weighted by atomic mass is 16.2. The van der Waals surface area contributed by atoms with Gasteiger partial charge in [-0.05, 0) is 13.0 Å². The van der Waals surface area contributed by atoms with E-state index in [0.717, 1.165) is 26.1 Å². The standard InChI is InChI=1S/C12H23N5O/c1-4-5-16(10-12(18)15(2)3)6-7-17-9-11(13)8-14-17/h8-9H,4-7,10,13H2,1-3H3. The molecule has 0 aliphatic carbocycles. The Bertz CT molecular complexity index is 374. The molecule has 1 amide bonds. The summed E-state index contributed by atoms with van der Waals surface area (Å²) in [5.41, 5.74) is 6.27. The number of nitrogen functional groups attached to an aromatic ring is 1. The van der Waals surface area contributed by atoms with Gasteiger partial charge in [0.15, 0.2) is 0 Å². The van der Waals surface area contributed by atoms with Crippen molar-refractivity contribution in [2.45, 2.75) is 19.9 Å². The van der Waals surface area contributed by atoms with Crippen LogP contribution in [-0.4, -0.2) is 59.2 Å². The first-order valence-electron chi connectivity index (χ1n) is 6.23. The molecule has 0 fully saturated rings. The van der Waals surface area contributed by atoms with E-state index in [1.54, 1.807) is 36.1 Å². The molecular weight excluding hydrogens is 230 g/mol. The van der Waals surface area contributed by atoms with E-state index in [1.807, 2.05) is 0 Å². The maximum atomic E-state index is 11.7. The van der Waals surface area contributed by atoms with Gasteiger partial charge in [0.1, 0.15) is 0 Å². The third kappa shape index (κ3) is 4.75. The highest BCUT2D eigenvalue weighted by molar-refractivity contribution is 5.77. The highest BCUT2D eigenvalue weighted by Crippen LogP contribution is 1.99. The number of rotatable bonds is 7. The lowest BCUT2D eigenvalue weighted by Crippen LogP contribution is -2.38. The van der Waals surface area contributed by atoms with E-state index in [-0.39, 0.29) is 5.91 Å². The van der Waals surface area contributed by atoms with Crippen molar-refractivity contribution in [2.75, 3.05) is 39.5 Å². The highest BCUT2D eigenvalue weighted by Gasteiger charge is 2.11. The van der Waals surface area contributed by atoms with Crippen LogP contribution < -0.4 is 5.73 Å². The second-order valence-electron chi connectivity index (χ2n) is 4.60. The molecule has 0 aliphatic rings. The van der Waals surface area contributed by atoms with Crippen molar-refractivity contribution < 1.29 is 4.79 Å². The predicted molar refractivity (Wildman–Crippen MR) is 72.1 cm³/mol. The molecule has 1 heterocycles. The van der Waals surface area contributed by atoms with Crippen LogP contribution in [0.4, 0.5) is 5.69 Å². The number of aromatic nitrogens is 2. The number of carbonyl (C=O) groups is 1. The molecule has 0 spiro atoms. The Balaban J connectivity index is 2.44. The monoisotopic (exact) mass is 253 g/mol. The maximum Gasteiger partial charge on any atom is 0.236 e. The molecule has 0 saturated heterocycles. The Hall–Kier alpha value is -1.56. The van der Waals surface area contributed by atoms with E-state index in [9.17, 15) is 4.79 Å². The minimum atomic E-state index is 0.128. The molecule has 18 heavy (non-hydrogen) atoms. The van der Waals surface area contributed by atoms with Crippen LogP contribution in [0.15, 0.2) is 12.4 Å². The van der Waals surface area contributed by atoms with Crippen molar-refractivity contribution in [1.29, 1.82) is 0 Å². The van der Waals surface area contributed by atoms with Gasteiger partial charge in [-0.15, -0.1) is 0 Å². The van der Waals surface area contributed by atoms with Crippen molar-refractivity contribution in [1.82, 2.24) is 19.6 Å². The van der Waals surface area contributed by atoms with E-state index in [1.165, 1.54) is 0 Å². The first-order valence-corrected chi connectivity index (χ1v) is 6.23. The summed E-state index contributed by atoms with van der Waals surface area (Å²) < 4.78 is 1.80. The van der Waals surface area contributed by atoms with E-state index in [2.05, 4.69) is 16.9 Å². The van der Waals surface area contributed by atoms with Gasteiger partial charge in [0.05, 0.1) is 25.0 Å². The number of likely N-dealkylation sites (N-methyl/N-ethyl adjacent to an activating group) is 1. The lowest BCUT2D eigenvalue weighted by atomic mass is 10.3. The quantitative estimate of drug-likeness (QED) is 0.757. The van der Waals surface area contributed by atoms with Crippen LogP contribution in [0.1, 0.15) is 13.3 Å². The lowest BCUT2D eigenvalue weighted by molar-refractivity contribution is -0.129. The van der Waals surface area contributed by atoms with Gasteiger partial charge >= 0.3 is 0 Å². The van der Waals surface area contributed by atoms with Crippen LogP contribution >= 0.6 is 0 Å². The van der Waals surface area contributed by atoms with Crippen molar-refractivity contribution in [2.24, 2.45) is 0 Å². The van der Waals surface area contributed by atoms with Gasteiger partial charge in [-0.1, -0.05) is 6.92 Å². The van der Waals surface area contributed by atoms with Crippen molar-refractivity contribution in [3.05, 3.63) is 12.4 Å². The van der Waals surface area contributed by atoms with Crippen molar-refractivity contribution >= 4 is 11.6 Å². The van der Waals surface area contributed by atoms with Crippen LogP contribution in [0, 0.1) is 0 Å². The van der Waals surface area contributed by atoms with Gasteiger partial charge < -0.3 is 10.6 Å². The molecule has 0 unspecified atom stereocenters. The normalized spacial score (nSPS) is 10.9. The molecule has 0 bridgehead atoms. The third-order valence-electron chi connectivity index (χ3n) is 2.70. The second kappa shape index (κ2) is 7.00.